The Morgan fingerprint density at radius 2 is 2.17 bits per heavy atom. The van der Waals surface area contributed by atoms with Crippen molar-refractivity contribution in [2.45, 2.75) is 26.3 Å². The lowest BCUT2D eigenvalue weighted by Crippen LogP contribution is -2.23. The van der Waals surface area contributed by atoms with Gasteiger partial charge in [0.15, 0.2) is 0 Å². The highest BCUT2D eigenvalue weighted by atomic mass is 19.1. The van der Waals surface area contributed by atoms with Gasteiger partial charge in [-0.2, -0.15) is 0 Å². The Morgan fingerprint density at radius 3 is 2.96 bits per heavy atom. The van der Waals surface area contributed by atoms with E-state index in [2.05, 4.69) is 19.9 Å². The minimum Gasteiger partial charge on any atom is -0.440 e. The summed E-state index contributed by atoms with van der Waals surface area (Å²) in [7, 11) is 0. The van der Waals surface area contributed by atoms with E-state index in [4.69, 9.17) is 4.42 Å². The van der Waals surface area contributed by atoms with E-state index in [1.165, 1.54) is 12.4 Å². The van der Waals surface area contributed by atoms with Crippen molar-refractivity contribution in [2.75, 3.05) is 11.4 Å². The van der Waals surface area contributed by atoms with E-state index in [0.717, 1.165) is 42.1 Å². The van der Waals surface area contributed by atoms with Gasteiger partial charge >= 0.3 is 0 Å². The van der Waals surface area contributed by atoms with Crippen LogP contribution in [0.2, 0.25) is 0 Å². The molecule has 0 saturated heterocycles. The number of hydrogen-bond acceptors (Lipinski definition) is 5. The summed E-state index contributed by atoms with van der Waals surface area (Å²) in [5, 5.41) is 0. The van der Waals surface area contributed by atoms with Crippen molar-refractivity contribution in [1.82, 2.24) is 15.0 Å². The van der Waals surface area contributed by atoms with Crippen LogP contribution in [0.4, 0.5) is 10.1 Å². The van der Waals surface area contributed by atoms with Crippen LogP contribution >= 0.6 is 0 Å². The molecule has 5 nitrogen and oxygen atoms in total. The van der Waals surface area contributed by atoms with Crippen LogP contribution in [0.1, 0.15) is 23.4 Å². The number of rotatable bonds is 2. The number of nitrogens with zero attached hydrogens (tertiary/aromatic N) is 4. The molecule has 0 unspecified atom stereocenters. The average Bonchev–Trinajstić information content (AvgIpc) is 2.86. The molecule has 0 spiro atoms. The second-order valence-corrected chi connectivity index (χ2v) is 6.00. The summed E-state index contributed by atoms with van der Waals surface area (Å²) in [6.45, 7) is 3.35. The number of anilines is 1. The number of benzene rings is 1. The highest BCUT2D eigenvalue weighted by molar-refractivity contribution is 5.51. The summed E-state index contributed by atoms with van der Waals surface area (Å²) in [6, 6.07) is 6.89. The highest BCUT2D eigenvalue weighted by Gasteiger charge is 2.22. The van der Waals surface area contributed by atoms with Gasteiger partial charge in [-0.25, -0.2) is 19.3 Å². The second kappa shape index (κ2) is 6.03. The Morgan fingerprint density at radius 1 is 1.25 bits per heavy atom. The van der Waals surface area contributed by atoms with Crippen molar-refractivity contribution < 1.29 is 8.81 Å². The average molecular weight is 324 g/mol. The predicted molar refractivity (Wildman–Crippen MR) is 88.0 cm³/mol. The van der Waals surface area contributed by atoms with Gasteiger partial charge in [0.2, 0.25) is 5.89 Å². The van der Waals surface area contributed by atoms with Gasteiger partial charge in [0.25, 0.3) is 0 Å². The molecule has 0 fully saturated rings. The van der Waals surface area contributed by atoms with Crippen LogP contribution in [0.15, 0.2) is 41.2 Å². The lowest BCUT2D eigenvalue weighted by molar-refractivity contribution is 0.511. The van der Waals surface area contributed by atoms with Crippen molar-refractivity contribution in [3.8, 4) is 11.6 Å². The van der Waals surface area contributed by atoms with Crippen molar-refractivity contribution in [3.63, 3.8) is 0 Å². The summed E-state index contributed by atoms with van der Waals surface area (Å²) < 4.78 is 19.6. The van der Waals surface area contributed by atoms with Crippen LogP contribution in [0.3, 0.4) is 0 Å². The van der Waals surface area contributed by atoms with Gasteiger partial charge in [0, 0.05) is 24.8 Å². The first-order valence-electron chi connectivity index (χ1n) is 7.96. The molecular weight excluding hydrogens is 307 g/mol. The van der Waals surface area contributed by atoms with E-state index >= 15 is 0 Å². The van der Waals surface area contributed by atoms with Crippen LogP contribution < -0.4 is 4.90 Å². The monoisotopic (exact) mass is 324 g/mol. The van der Waals surface area contributed by atoms with Crippen LogP contribution in [0.25, 0.3) is 11.6 Å². The van der Waals surface area contributed by atoms with E-state index in [9.17, 15) is 4.39 Å². The topological polar surface area (TPSA) is 55.1 Å². The molecule has 1 aliphatic rings. The smallest absolute Gasteiger partial charge is 0.245 e. The molecule has 0 saturated carbocycles. The molecule has 0 bridgehead atoms. The maximum Gasteiger partial charge on any atom is 0.245 e. The lowest BCUT2D eigenvalue weighted by Gasteiger charge is -2.22. The first-order valence-corrected chi connectivity index (χ1v) is 7.96. The Hall–Kier alpha value is -2.76. The first kappa shape index (κ1) is 14.8. The van der Waals surface area contributed by atoms with E-state index in [-0.39, 0.29) is 5.82 Å². The molecule has 0 aliphatic carbocycles. The van der Waals surface area contributed by atoms with Gasteiger partial charge < -0.3 is 9.32 Å². The molecule has 0 amide bonds. The lowest BCUT2D eigenvalue weighted by atomic mass is 10.2. The molecule has 1 aromatic carbocycles. The third-order valence-corrected chi connectivity index (χ3v) is 4.14. The molecular formula is C18H17FN4O. The normalized spacial score (nSPS) is 14.3. The molecule has 0 radical (unpaired) electrons. The van der Waals surface area contributed by atoms with Gasteiger partial charge in [0.1, 0.15) is 29.3 Å². The molecule has 122 valence electrons. The Labute approximate surface area is 139 Å². The summed E-state index contributed by atoms with van der Waals surface area (Å²) in [5.41, 5.74) is 3.36. The van der Waals surface area contributed by atoms with Crippen molar-refractivity contribution >= 4 is 5.69 Å². The number of aryl methyl sites for hydroxylation is 2. The quantitative estimate of drug-likeness (QED) is 0.722. The second-order valence-electron chi connectivity index (χ2n) is 6.00. The van der Waals surface area contributed by atoms with Gasteiger partial charge in [-0.15, -0.1) is 0 Å². The summed E-state index contributed by atoms with van der Waals surface area (Å²) in [6.07, 6.45) is 4.89. The summed E-state index contributed by atoms with van der Waals surface area (Å²) >= 11 is 0. The van der Waals surface area contributed by atoms with Crippen molar-refractivity contribution in [2.24, 2.45) is 0 Å². The number of aromatic nitrogens is 3. The molecule has 24 heavy (non-hydrogen) atoms. The zero-order valence-corrected chi connectivity index (χ0v) is 13.4. The minimum atomic E-state index is -0.212. The van der Waals surface area contributed by atoms with E-state index in [1.807, 2.05) is 13.0 Å². The summed E-state index contributed by atoms with van der Waals surface area (Å²) in [4.78, 5) is 14.9. The van der Waals surface area contributed by atoms with Gasteiger partial charge in [-0.1, -0.05) is 0 Å². The zero-order valence-electron chi connectivity index (χ0n) is 13.4. The standard InChI is InChI=1S/C18H17FN4O/c1-12-7-13(19)9-14(8-12)23-6-2-3-17-16(10-23)22-18(24-17)15-4-5-20-11-21-15/h4-5,7-9,11H,2-3,6,10H2,1H3. The minimum absolute atomic E-state index is 0.212. The molecule has 3 aromatic rings. The van der Waals surface area contributed by atoms with E-state index in [0.29, 0.717) is 18.1 Å². The molecule has 3 heterocycles. The molecule has 2 aromatic heterocycles. The largest absolute Gasteiger partial charge is 0.440 e. The molecule has 1 aliphatic heterocycles. The van der Waals surface area contributed by atoms with Crippen LogP contribution in [-0.4, -0.2) is 21.5 Å². The molecule has 6 heteroatoms. The van der Waals surface area contributed by atoms with Crippen molar-refractivity contribution in [3.05, 3.63) is 59.6 Å². The fourth-order valence-electron chi connectivity index (χ4n) is 3.04. The zero-order chi connectivity index (χ0) is 16.5. The van der Waals surface area contributed by atoms with Crippen molar-refractivity contribution in [1.29, 1.82) is 0 Å². The fourth-order valence-corrected chi connectivity index (χ4v) is 3.04. The van der Waals surface area contributed by atoms with Crippen LogP contribution in [0, 0.1) is 12.7 Å². The summed E-state index contributed by atoms with van der Waals surface area (Å²) in [5.74, 6) is 1.19. The maximum atomic E-state index is 13.7. The van der Waals surface area contributed by atoms with Gasteiger partial charge in [0.05, 0.1) is 6.54 Å². The number of hydrogen-bond donors (Lipinski definition) is 0. The third-order valence-electron chi connectivity index (χ3n) is 4.14. The Balaban J connectivity index is 1.66. The highest BCUT2D eigenvalue weighted by Crippen LogP contribution is 2.28. The Bertz CT molecular complexity index is 842. The SMILES string of the molecule is Cc1cc(F)cc(N2CCCc3oc(-c4ccncn4)nc3C2)c1. The number of halogens is 1. The Kier molecular flexibility index (Phi) is 3.72. The van der Waals surface area contributed by atoms with Gasteiger partial charge in [-0.05, 0) is 43.2 Å². The first-order chi connectivity index (χ1) is 11.7. The molecule has 0 N–H and O–H groups in total. The molecule has 0 atom stereocenters. The predicted octanol–water partition coefficient (Wildman–Crippen LogP) is 3.53. The van der Waals surface area contributed by atoms with Crippen LogP contribution in [-0.2, 0) is 13.0 Å². The maximum absolute atomic E-state index is 13.7. The van der Waals surface area contributed by atoms with Gasteiger partial charge in [-0.3, -0.25) is 0 Å². The fraction of sp³-hybridized carbons (Fsp3) is 0.278. The molecule has 4 rings (SSSR count). The van der Waals surface area contributed by atoms with Crippen LogP contribution in [0.5, 0.6) is 0 Å². The number of fused-ring (bicyclic) bond motifs is 1. The third kappa shape index (κ3) is 2.87. The van der Waals surface area contributed by atoms with E-state index < -0.39 is 0 Å². The number of oxazole rings is 1. The van der Waals surface area contributed by atoms with E-state index in [1.54, 1.807) is 18.3 Å².